The van der Waals surface area contributed by atoms with Crippen LogP contribution in [0.5, 0.6) is 0 Å². The van der Waals surface area contributed by atoms with Gasteiger partial charge in [0, 0.05) is 6.07 Å². The summed E-state index contributed by atoms with van der Waals surface area (Å²) in [4.78, 5) is 22.4. The molecule has 0 saturated heterocycles. The smallest absolute Gasteiger partial charge is 0.315 e. The predicted molar refractivity (Wildman–Crippen MR) is 60.7 cm³/mol. The highest BCUT2D eigenvalue weighted by Gasteiger charge is 2.40. The van der Waals surface area contributed by atoms with Crippen molar-refractivity contribution in [3.05, 3.63) is 18.0 Å². The van der Waals surface area contributed by atoms with E-state index in [0.29, 0.717) is 18.6 Å². The van der Waals surface area contributed by atoms with E-state index in [1.165, 1.54) is 6.20 Å². The Labute approximate surface area is 104 Å². The lowest BCUT2D eigenvalue weighted by Crippen LogP contribution is -2.57. The quantitative estimate of drug-likeness (QED) is 0.722. The fourth-order valence-corrected chi connectivity index (χ4v) is 2.02. The van der Waals surface area contributed by atoms with Crippen LogP contribution in [0.4, 0.5) is 4.79 Å². The Balaban J connectivity index is 1.80. The lowest BCUT2D eigenvalue weighted by atomic mass is 9.74. The van der Waals surface area contributed by atoms with Gasteiger partial charge in [0.1, 0.15) is 0 Å². The molecule has 1 aromatic rings. The number of carbonyl (C=O) groups excluding carboxylic acids is 1. The maximum atomic E-state index is 11.7. The van der Waals surface area contributed by atoms with Gasteiger partial charge in [-0.1, -0.05) is 5.16 Å². The van der Waals surface area contributed by atoms with Crippen molar-refractivity contribution in [2.75, 3.05) is 0 Å². The Kier molecular flexibility index (Phi) is 3.50. The number of carbonyl (C=O) groups is 2. The topological polar surface area (TPSA) is 104 Å². The first kappa shape index (κ1) is 12.4. The Morgan fingerprint density at radius 3 is 2.78 bits per heavy atom. The molecule has 0 spiro atoms. The van der Waals surface area contributed by atoms with Crippen molar-refractivity contribution < 1.29 is 19.2 Å². The molecule has 0 radical (unpaired) electrons. The number of rotatable bonds is 5. The summed E-state index contributed by atoms with van der Waals surface area (Å²) in [6.07, 6.45) is 3.80. The van der Waals surface area contributed by atoms with Gasteiger partial charge in [0.05, 0.1) is 24.7 Å². The van der Waals surface area contributed by atoms with Gasteiger partial charge in [-0.3, -0.25) is 4.79 Å². The zero-order chi connectivity index (χ0) is 13.0. The first-order valence-electron chi connectivity index (χ1n) is 5.77. The number of aromatic nitrogens is 1. The molecule has 1 aromatic heterocycles. The maximum absolute atomic E-state index is 11.7. The minimum absolute atomic E-state index is 0.0390. The monoisotopic (exact) mass is 253 g/mol. The first-order valence-corrected chi connectivity index (χ1v) is 5.77. The van der Waals surface area contributed by atoms with Crippen LogP contribution in [0.3, 0.4) is 0 Å². The minimum Gasteiger partial charge on any atom is -0.481 e. The standard InChI is InChI=1S/C11H15N3O4/c15-9(16)6-11(3-1-4-11)14-10(17)12-7-8-2-5-13-18-8/h2,5H,1,3-4,6-7H2,(H,15,16)(H2,12,14,17). The van der Waals surface area contributed by atoms with Crippen molar-refractivity contribution in [2.45, 2.75) is 37.8 Å². The van der Waals surface area contributed by atoms with Gasteiger partial charge >= 0.3 is 12.0 Å². The molecule has 1 saturated carbocycles. The highest BCUT2D eigenvalue weighted by molar-refractivity contribution is 5.77. The van der Waals surface area contributed by atoms with Crippen LogP contribution in [0.1, 0.15) is 31.4 Å². The minimum atomic E-state index is -0.898. The van der Waals surface area contributed by atoms with Gasteiger partial charge in [0.2, 0.25) is 0 Å². The fraction of sp³-hybridized carbons (Fsp3) is 0.545. The molecule has 7 heteroatoms. The van der Waals surface area contributed by atoms with Gasteiger partial charge in [-0.15, -0.1) is 0 Å². The van der Waals surface area contributed by atoms with Gasteiger partial charge in [-0.25, -0.2) is 4.79 Å². The highest BCUT2D eigenvalue weighted by atomic mass is 16.5. The summed E-state index contributed by atoms with van der Waals surface area (Å²) >= 11 is 0. The van der Waals surface area contributed by atoms with Crippen molar-refractivity contribution in [1.29, 1.82) is 0 Å². The number of nitrogens with one attached hydrogen (secondary N) is 2. The fourth-order valence-electron chi connectivity index (χ4n) is 2.02. The molecule has 0 bridgehead atoms. The molecule has 0 aliphatic heterocycles. The van der Waals surface area contributed by atoms with Crippen LogP contribution < -0.4 is 10.6 Å². The maximum Gasteiger partial charge on any atom is 0.315 e. The van der Waals surface area contributed by atoms with Gasteiger partial charge < -0.3 is 20.3 Å². The number of nitrogens with zero attached hydrogens (tertiary/aromatic N) is 1. The Morgan fingerprint density at radius 1 is 1.50 bits per heavy atom. The van der Waals surface area contributed by atoms with Gasteiger partial charge in [-0.05, 0) is 19.3 Å². The van der Waals surface area contributed by atoms with E-state index in [1.54, 1.807) is 6.07 Å². The molecule has 18 heavy (non-hydrogen) atoms. The zero-order valence-corrected chi connectivity index (χ0v) is 9.81. The van der Waals surface area contributed by atoms with Crippen LogP contribution in [0, 0.1) is 0 Å². The molecule has 0 atom stereocenters. The van der Waals surface area contributed by atoms with Crippen molar-refractivity contribution in [2.24, 2.45) is 0 Å². The van der Waals surface area contributed by atoms with E-state index in [1.807, 2.05) is 0 Å². The summed E-state index contributed by atoms with van der Waals surface area (Å²) in [6, 6.07) is 1.27. The van der Waals surface area contributed by atoms with Gasteiger partial charge in [0.25, 0.3) is 0 Å². The third-order valence-corrected chi connectivity index (χ3v) is 3.09. The molecule has 2 amide bonds. The van der Waals surface area contributed by atoms with E-state index in [2.05, 4.69) is 15.8 Å². The van der Waals surface area contributed by atoms with Crippen molar-refractivity contribution in [1.82, 2.24) is 15.8 Å². The van der Waals surface area contributed by atoms with E-state index in [-0.39, 0.29) is 19.0 Å². The summed E-state index contributed by atoms with van der Waals surface area (Å²) in [5.74, 6) is -0.351. The van der Waals surface area contributed by atoms with Crippen molar-refractivity contribution in [3.63, 3.8) is 0 Å². The van der Waals surface area contributed by atoms with Gasteiger partial charge in [-0.2, -0.15) is 0 Å². The SMILES string of the molecule is O=C(O)CC1(NC(=O)NCc2ccno2)CCC1. The largest absolute Gasteiger partial charge is 0.481 e. The van der Waals surface area contributed by atoms with Crippen LogP contribution >= 0.6 is 0 Å². The lowest BCUT2D eigenvalue weighted by Gasteiger charge is -2.41. The molecule has 0 aromatic carbocycles. The van der Waals surface area contributed by atoms with Crippen molar-refractivity contribution in [3.8, 4) is 0 Å². The van der Waals surface area contributed by atoms with Crippen LogP contribution in [0.2, 0.25) is 0 Å². The summed E-state index contributed by atoms with van der Waals surface area (Å²) in [7, 11) is 0. The third-order valence-electron chi connectivity index (χ3n) is 3.09. The average molecular weight is 253 g/mol. The van der Waals surface area contributed by atoms with Crippen LogP contribution in [0.15, 0.2) is 16.8 Å². The van der Waals surface area contributed by atoms with Gasteiger partial charge in [0.15, 0.2) is 5.76 Å². The normalized spacial score (nSPS) is 16.7. The number of aliphatic carboxylic acids is 1. The van der Waals surface area contributed by atoms with Crippen LogP contribution in [0.25, 0.3) is 0 Å². The molecular formula is C11H15N3O4. The second-order valence-electron chi connectivity index (χ2n) is 4.49. The van der Waals surface area contributed by atoms with E-state index in [0.717, 1.165) is 6.42 Å². The van der Waals surface area contributed by atoms with E-state index < -0.39 is 11.5 Å². The predicted octanol–water partition coefficient (Wildman–Crippen LogP) is 0.871. The lowest BCUT2D eigenvalue weighted by molar-refractivity contribution is -0.139. The number of hydrogen-bond donors (Lipinski definition) is 3. The van der Waals surface area contributed by atoms with Crippen molar-refractivity contribution >= 4 is 12.0 Å². The number of urea groups is 1. The summed E-state index contributed by atoms with van der Waals surface area (Å²) < 4.78 is 4.83. The number of hydrogen-bond acceptors (Lipinski definition) is 4. The molecule has 3 N–H and O–H groups in total. The second kappa shape index (κ2) is 5.07. The van der Waals surface area contributed by atoms with E-state index in [9.17, 15) is 9.59 Å². The number of carboxylic acids is 1. The van der Waals surface area contributed by atoms with E-state index >= 15 is 0 Å². The Morgan fingerprint density at radius 2 is 2.28 bits per heavy atom. The first-order chi connectivity index (χ1) is 8.60. The summed E-state index contributed by atoms with van der Waals surface area (Å²) in [5, 5.41) is 17.7. The van der Waals surface area contributed by atoms with Crippen LogP contribution in [-0.4, -0.2) is 27.8 Å². The molecule has 98 valence electrons. The molecule has 2 rings (SSSR count). The Bertz CT molecular complexity index is 426. The molecule has 1 aliphatic rings. The molecular weight excluding hydrogens is 238 g/mol. The molecule has 0 unspecified atom stereocenters. The van der Waals surface area contributed by atoms with Crippen LogP contribution in [-0.2, 0) is 11.3 Å². The average Bonchev–Trinajstić information content (AvgIpc) is 2.75. The number of carboxylic acid groups (broad SMARTS) is 1. The summed E-state index contributed by atoms with van der Waals surface area (Å²) in [5.41, 5.74) is -0.586. The Hall–Kier alpha value is -2.05. The highest BCUT2D eigenvalue weighted by Crippen LogP contribution is 2.34. The summed E-state index contributed by atoms with van der Waals surface area (Å²) in [6.45, 7) is 0.231. The molecule has 1 fully saturated rings. The number of amides is 2. The molecule has 1 heterocycles. The van der Waals surface area contributed by atoms with E-state index in [4.69, 9.17) is 9.63 Å². The molecule has 7 nitrogen and oxygen atoms in total. The second-order valence-corrected chi connectivity index (χ2v) is 4.49. The molecule has 1 aliphatic carbocycles. The third kappa shape index (κ3) is 2.99. The zero-order valence-electron chi connectivity index (χ0n) is 9.81.